The first-order valence-electron chi connectivity index (χ1n) is 16.7. The first-order valence-corrected chi connectivity index (χ1v) is 19.2. The first-order chi connectivity index (χ1) is 19.4. The van der Waals surface area contributed by atoms with Gasteiger partial charge in [-0.1, -0.05) is 137 Å². The van der Waals surface area contributed by atoms with Crippen molar-refractivity contribution in [2.75, 3.05) is 6.61 Å². The summed E-state index contributed by atoms with van der Waals surface area (Å²) in [6.07, 6.45) is 20.3. The lowest BCUT2D eigenvalue weighted by Gasteiger charge is -2.33. The summed E-state index contributed by atoms with van der Waals surface area (Å²) in [5, 5.41) is 0. The minimum atomic E-state index is -2.35. The molecule has 0 saturated carbocycles. The standard InChI is InChI=1S/C33H62O6Si/c1-6-11-15-19-26-37-31(34)24-25-32(35)38-30(23-10-5)33(36)39-40(27-20-16-12-7-2,28-21-17-13-8-3)29-22-18-14-9-4/h24-25,30H,6-23,26-29H2,1-5H3/b25-24-. The van der Waals surface area contributed by atoms with Crippen LogP contribution in [0.3, 0.4) is 0 Å². The second-order valence-corrected chi connectivity index (χ2v) is 15.4. The Hall–Kier alpha value is -1.63. The van der Waals surface area contributed by atoms with E-state index in [9.17, 15) is 14.4 Å². The molecule has 0 spiro atoms. The van der Waals surface area contributed by atoms with Gasteiger partial charge in [-0.25, -0.2) is 14.4 Å². The Balaban J connectivity index is 5.40. The smallest absolute Gasteiger partial charge is 0.334 e. The van der Waals surface area contributed by atoms with Crippen molar-refractivity contribution >= 4 is 26.2 Å². The average molecular weight is 583 g/mol. The van der Waals surface area contributed by atoms with E-state index in [0.29, 0.717) is 19.4 Å². The Kier molecular flexibility index (Phi) is 25.2. The minimum Gasteiger partial charge on any atom is -0.516 e. The maximum atomic E-state index is 13.5. The zero-order chi connectivity index (χ0) is 29.9. The lowest BCUT2D eigenvalue weighted by molar-refractivity contribution is -0.160. The quantitative estimate of drug-likeness (QED) is 0.0415. The third-order valence-electron chi connectivity index (χ3n) is 7.44. The molecule has 40 heavy (non-hydrogen) atoms. The molecular formula is C33H62O6Si. The second kappa shape index (κ2) is 26.3. The van der Waals surface area contributed by atoms with E-state index in [4.69, 9.17) is 13.9 Å². The number of ether oxygens (including phenoxy) is 2. The lowest BCUT2D eigenvalue weighted by Crippen LogP contribution is -2.44. The zero-order valence-electron chi connectivity index (χ0n) is 26.7. The van der Waals surface area contributed by atoms with Crippen LogP contribution in [-0.4, -0.2) is 38.9 Å². The highest BCUT2D eigenvalue weighted by atomic mass is 28.4. The van der Waals surface area contributed by atoms with Gasteiger partial charge >= 0.3 is 17.9 Å². The summed E-state index contributed by atoms with van der Waals surface area (Å²) < 4.78 is 17.2. The topological polar surface area (TPSA) is 78.9 Å². The fraction of sp³-hybridized carbons (Fsp3) is 0.848. The molecule has 1 atom stereocenters. The summed E-state index contributed by atoms with van der Waals surface area (Å²) in [6.45, 7) is 11.1. The maximum Gasteiger partial charge on any atom is 0.334 e. The normalized spacial score (nSPS) is 12.4. The Morgan fingerprint density at radius 3 is 1.48 bits per heavy atom. The van der Waals surface area contributed by atoms with Gasteiger partial charge in [0, 0.05) is 12.2 Å². The SMILES string of the molecule is CCCCCCOC(=O)/C=C\C(=O)OC(CCC)C(=O)O[Si](CCCCCC)(CCCCCC)CCCCCC. The van der Waals surface area contributed by atoms with Gasteiger partial charge in [-0.05, 0) is 31.0 Å². The number of hydrogen-bond donors (Lipinski definition) is 0. The van der Waals surface area contributed by atoms with Gasteiger partial charge in [0.05, 0.1) is 6.61 Å². The molecule has 0 N–H and O–H groups in total. The highest BCUT2D eigenvalue weighted by Gasteiger charge is 2.39. The average Bonchev–Trinajstić information content (AvgIpc) is 2.94. The van der Waals surface area contributed by atoms with Crippen molar-refractivity contribution in [1.82, 2.24) is 0 Å². The minimum absolute atomic E-state index is 0.338. The van der Waals surface area contributed by atoms with Gasteiger partial charge in [-0.2, -0.15) is 0 Å². The van der Waals surface area contributed by atoms with E-state index in [2.05, 4.69) is 27.7 Å². The van der Waals surface area contributed by atoms with Crippen LogP contribution in [0.5, 0.6) is 0 Å². The first kappa shape index (κ1) is 38.4. The molecule has 0 aromatic carbocycles. The number of rotatable bonds is 27. The molecule has 0 fully saturated rings. The second-order valence-electron chi connectivity index (χ2n) is 11.3. The van der Waals surface area contributed by atoms with Gasteiger partial charge in [-0.15, -0.1) is 0 Å². The summed E-state index contributed by atoms with van der Waals surface area (Å²) in [5.74, 6) is -1.67. The highest BCUT2D eigenvalue weighted by molar-refractivity contribution is 6.75. The third-order valence-corrected chi connectivity index (χ3v) is 11.9. The molecule has 0 rings (SSSR count). The van der Waals surface area contributed by atoms with Crippen molar-refractivity contribution in [3.8, 4) is 0 Å². The van der Waals surface area contributed by atoms with Crippen LogP contribution in [0.15, 0.2) is 12.2 Å². The van der Waals surface area contributed by atoms with Crippen LogP contribution in [0.2, 0.25) is 18.1 Å². The fourth-order valence-corrected chi connectivity index (χ4v) is 9.28. The molecule has 7 heteroatoms. The number of esters is 2. The summed E-state index contributed by atoms with van der Waals surface area (Å²) in [4.78, 5) is 38.0. The molecule has 0 aromatic rings. The molecule has 0 saturated heterocycles. The molecule has 234 valence electrons. The van der Waals surface area contributed by atoms with Gasteiger partial charge in [0.15, 0.2) is 6.10 Å². The molecule has 0 aliphatic carbocycles. The Morgan fingerprint density at radius 1 is 0.575 bits per heavy atom. The van der Waals surface area contributed by atoms with E-state index in [1.54, 1.807) is 0 Å². The third kappa shape index (κ3) is 20.3. The van der Waals surface area contributed by atoms with Gasteiger partial charge in [0.1, 0.15) is 0 Å². The van der Waals surface area contributed by atoms with Crippen LogP contribution in [0, 0.1) is 0 Å². The Morgan fingerprint density at radius 2 is 1.02 bits per heavy atom. The Bertz CT molecular complexity index is 647. The van der Waals surface area contributed by atoms with Crippen LogP contribution >= 0.6 is 0 Å². The van der Waals surface area contributed by atoms with Crippen LogP contribution in [0.25, 0.3) is 0 Å². The van der Waals surface area contributed by atoms with E-state index in [1.165, 1.54) is 57.8 Å². The summed E-state index contributed by atoms with van der Waals surface area (Å²) in [7, 11) is -2.35. The van der Waals surface area contributed by atoms with Crippen LogP contribution in [-0.2, 0) is 28.3 Å². The van der Waals surface area contributed by atoms with Crippen molar-refractivity contribution in [1.29, 1.82) is 0 Å². The fourth-order valence-electron chi connectivity index (χ4n) is 4.98. The Labute approximate surface area is 247 Å². The molecule has 0 aliphatic rings. The molecule has 0 amide bonds. The number of carbonyl (C=O) groups is 3. The van der Waals surface area contributed by atoms with Crippen molar-refractivity contribution in [3.05, 3.63) is 12.2 Å². The van der Waals surface area contributed by atoms with Crippen LogP contribution < -0.4 is 0 Å². The summed E-state index contributed by atoms with van der Waals surface area (Å²) in [5.41, 5.74) is 0. The van der Waals surface area contributed by atoms with Crippen LogP contribution in [0.1, 0.15) is 150 Å². The monoisotopic (exact) mass is 582 g/mol. The van der Waals surface area contributed by atoms with E-state index in [1.807, 2.05) is 6.92 Å². The highest BCUT2D eigenvalue weighted by Crippen LogP contribution is 2.32. The van der Waals surface area contributed by atoms with Gasteiger partial charge < -0.3 is 13.9 Å². The summed E-state index contributed by atoms with van der Waals surface area (Å²) in [6, 6.07) is 2.98. The molecule has 0 aliphatic heterocycles. The van der Waals surface area contributed by atoms with E-state index >= 15 is 0 Å². The lowest BCUT2D eigenvalue weighted by atomic mass is 10.2. The number of unbranched alkanes of at least 4 members (excludes halogenated alkanes) is 12. The molecule has 6 nitrogen and oxygen atoms in total. The van der Waals surface area contributed by atoms with Crippen molar-refractivity contribution in [2.45, 2.75) is 174 Å². The van der Waals surface area contributed by atoms with E-state index in [0.717, 1.165) is 75.2 Å². The van der Waals surface area contributed by atoms with E-state index < -0.39 is 32.3 Å². The number of hydrogen-bond acceptors (Lipinski definition) is 6. The van der Waals surface area contributed by atoms with E-state index in [-0.39, 0.29) is 0 Å². The zero-order valence-corrected chi connectivity index (χ0v) is 27.7. The number of carbonyl (C=O) groups excluding carboxylic acids is 3. The maximum absolute atomic E-state index is 13.5. The largest absolute Gasteiger partial charge is 0.516 e. The molecule has 0 aromatic heterocycles. The van der Waals surface area contributed by atoms with Crippen LogP contribution in [0.4, 0.5) is 0 Å². The van der Waals surface area contributed by atoms with Gasteiger partial charge in [0.25, 0.3) is 8.32 Å². The molecule has 1 unspecified atom stereocenters. The summed E-state index contributed by atoms with van der Waals surface area (Å²) >= 11 is 0. The predicted molar refractivity (Wildman–Crippen MR) is 168 cm³/mol. The van der Waals surface area contributed by atoms with Crippen molar-refractivity contribution in [3.63, 3.8) is 0 Å². The molecule has 0 radical (unpaired) electrons. The van der Waals surface area contributed by atoms with Crippen molar-refractivity contribution in [2.24, 2.45) is 0 Å². The molecule has 0 heterocycles. The molecule has 0 bridgehead atoms. The van der Waals surface area contributed by atoms with Gasteiger partial charge in [0.2, 0.25) is 0 Å². The predicted octanol–water partition coefficient (Wildman–Crippen LogP) is 9.61. The molecular weight excluding hydrogens is 520 g/mol. The van der Waals surface area contributed by atoms with Crippen molar-refractivity contribution < 1.29 is 28.3 Å². The van der Waals surface area contributed by atoms with Gasteiger partial charge in [-0.3, -0.25) is 0 Å².